The SMILES string of the molecule is CCOC(=O)N1CCN(c2ccc(NC(=O)c3ccccc3OC)cc2Cl)CC1. The van der Waals surface area contributed by atoms with Crippen LogP contribution in [0, 0.1) is 0 Å². The molecule has 0 saturated carbocycles. The van der Waals surface area contributed by atoms with Gasteiger partial charge >= 0.3 is 6.09 Å². The number of para-hydroxylation sites is 1. The predicted molar refractivity (Wildman–Crippen MR) is 113 cm³/mol. The zero-order chi connectivity index (χ0) is 20.8. The molecule has 2 amide bonds. The second kappa shape index (κ2) is 9.52. The zero-order valence-electron chi connectivity index (χ0n) is 16.5. The molecule has 154 valence electrons. The molecule has 1 N–H and O–H groups in total. The average molecular weight is 418 g/mol. The number of methoxy groups -OCH3 is 1. The van der Waals surface area contributed by atoms with Crippen LogP contribution in [0.4, 0.5) is 16.2 Å². The van der Waals surface area contributed by atoms with Crippen LogP contribution >= 0.6 is 11.6 Å². The minimum Gasteiger partial charge on any atom is -0.496 e. The molecular weight excluding hydrogens is 394 g/mol. The Morgan fingerprint density at radius 1 is 1.10 bits per heavy atom. The Bertz CT molecular complexity index is 882. The average Bonchev–Trinajstić information content (AvgIpc) is 2.74. The lowest BCUT2D eigenvalue weighted by molar-refractivity contribution is 0.102. The third kappa shape index (κ3) is 4.92. The van der Waals surface area contributed by atoms with Crippen molar-refractivity contribution in [2.24, 2.45) is 0 Å². The maximum absolute atomic E-state index is 12.6. The van der Waals surface area contributed by atoms with Crippen molar-refractivity contribution in [3.63, 3.8) is 0 Å². The number of nitrogens with zero attached hydrogens (tertiary/aromatic N) is 2. The maximum Gasteiger partial charge on any atom is 0.409 e. The second-order valence-electron chi connectivity index (χ2n) is 6.49. The number of benzene rings is 2. The summed E-state index contributed by atoms with van der Waals surface area (Å²) in [6, 6.07) is 12.4. The summed E-state index contributed by atoms with van der Waals surface area (Å²) in [4.78, 5) is 28.2. The number of nitrogens with one attached hydrogen (secondary N) is 1. The number of carbonyl (C=O) groups is 2. The Balaban J connectivity index is 1.65. The Morgan fingerprint density at radius 3 is 2.48 bits per heavy atom. The summed E-state index contributed by atoms with van der Waals surface area (Å²) < 4.78 is 10.3. The van der Waals surface area contributed by atoms with E-state index in [-0.39, 0.29) is 12.0 Å². The van der Waals surface area contributed by atoms with Gasteiger partial charge in [0, 0.05) is 31.9 Å². The van der Waals surface area contributed by atoms with Gasteiger partial charge in [-0.1, -0.05) is 23.7 Å². The number of ether oxygens (including phenoxy) is 2. The van der Waals surface area contributed by atoms with E-state index in [4.69, 9.17) is 21.1 Å². The molecule has 7 nitrogen and oxygen atoms in total. The van der Waals surface area contributed by atoms with Gasteiger partial charge in [0.25, 0.3) is 5.91 Å². The van der Waals surface area contributed by atoms with Gasteiger partial charge in [-0.25, -0.2) is 4.79 Å². The molecule has 1 aliphatic rings. The van der Waals surface area contributed by atoms with Crippen molar-refractivity contribution in [3.05, 3.63) is 53.1 Å². The van der Waals surface area contributed by atoms with Gasteiger partial charge in [0.2, 0.25) is 0 Å². The van der Waals surface area contributed by atoms with Crippen LogP contribution in [0.5, 0.6) is 5.75 Å². The maximum atomic E-state index is 12.6. The van der Waals surface area contributed by atoms with Crippen LogP contribution in [-0.4, -0.2) is 56.8 Å². The van der Waals surface area contributed by atoms with Crippen molar-refractivity contribution >= 4 is 35.0 Å². The summed E-state index contributed by atoms with van der Waals surface area (Å²) in [5.74, 6) is 0.238. The lowest BCUT2D eigenvalue weighted by Crippen LogP contribution is -2.49. The molecule has 1 heterocycles. The van der Waals surface area contributed by atoms with E-state index >= 15 is 0 Å². The lowest BCUT2D eigenvalue weighted by atomic mass is 10.1. The third-order valence-corrected chi connectivity index (χ3v) is 5.01. The normalized spacial score (nSPS) is 13.8. The molecule has 0 aliphatic carbocycles. The summed E-state index contributed by atoms with van der Waals surface area (Å²) in [5, 5.41) is 3.38. The second-order valence-corrected chi connectivity index (χ2v) is 6.90. The van der Waals surface area contributed by atoms with E-state index in [9.17, 15) is 9.59 Å². The highest BCUT2D eigenvalue weighted by molar-refractivity contribution is 6.33. The first-order valence-corrected chi connectivity index (χ1v) is 9.81. The lowest BCUT2D eigenvalue weighted by Gasteiger charge is -2.35. The first-order chi connectivity index (χ1) is 14.0. The molecule has 0 aromatic heterocycles. The van der Waals surface area contributed by atoms with Gasteiger partial charge in [-0.15, -0.1) is 0 Å². The molecule has 2 aromatic rings. The van der Waals surface area contributed by atoms with Crippen LogP contribution in [0.2, 0.25) is 5.02 Å². The topological polar surface area (TPSA) is 71.1 Å². The fourth-order valence-electron chi connectivity index (χ4n) is 3.22. The first-order valence-electron chi connectivity index (χ1n) is 9.44. The zero-order valence-corrected chi connectivity index (χ0v) is 17.2. The Morgan fingerprint density at radius 2 is 1.83 bits per heavy atom. The number of piperazine rings is 1. The van der Waals surface area contributed by atoms with E-state index in [2.05, 4.69) is 10.2 Å². The smallest absolute Gasteiger partial charge is 0.409 e. The standard InChI is InChI=1S/C21H24ClN3O4/c1-3-29-21(27)25-12-10-24(11-13-25)18-9-8-15(14-17(18)22)23-20(26)16-6-4-5-7-19(16)28-2/h4-9,14H,3,10-13H2,1-2H3,(H,23,26). The van der Waals surface area contributed by atoms with E-state index < -0.39 is 0 Å². The van der Waals surface area contributed by atoms with Crippen LogP contribution in [0.1, 0.15) is 17.3 Å². The molecule has 1 saturated heterocycles. The number of carbonyl (C=O) groups excluding carboxylic acids is 2. The van der Waals surface area contributed by atoms with Crippen LogP contribution in [-0.2, 0) is 4.74 Å². The largest absolute Gasteiger partial charge is 0.496 e. The van der Waals surface area contributed by atoms with Crippen LogP contribution in [0.3, 0.4) is 0 Å². The van der Waals surface area contributed by atoms with Gasteiger partial charge in [-0.05, 0) is 37.3 Å². The first kappa shape index (κ1) is 20.8. The number of halogens is 1. The third-order valence-electron chi connectivity index (χ3n) is 4.70. The molecule has 0 unspecified atom stereocenters. The molecule has 2 aromatic carbocycles. The number of anilines is 2. The minimum atomic E-state index is -0.285. The fourth-order valence-corrected chi connectivity index (χ4v) is 3.52. The fraction of sp³-hybridized carbons (Fsp3) is 0.333. The molecule has 1 aliphatic heterocycles. The summed E-state index contributed by atoms with van der Waals surface area (Å²) >= 11 is 6.48. The number of rotatable bonds is 5. The quantitative estimate of drug-likeness (QED) is 0.799. The van der Waals surface area contributed by atoms with Crippen molar-refractivity contribution in [1.82, 2.24) is 4.90 Å². The molecule has 0 bridgehead atoms. The molecule has 0 radical (unpaired) electrons. The van der Waals surface area contributed by atoms with E-state index in [1.54, 1.807) is 36.1 Å². The highest BCUT2D eigenvalue weighted by atomic mass is 35.5. The molecule has 0 spiro atoms. The molecule has 8 heteroatoms. The van der Waals surface area contributed by atoms with E-state index in [1.807, 2.05) is 18.2 Å². The van der Waals surface area contributed by atoms with Gasteiger partial charge < -0.3 is 24.6 Å². The van der Waals surface area contributed by atoms with Crippen molar-refractivity contribution in [2.75, 3.05) is 50.1 Å². The molecule has 3 rings (SSSR count). The Kier molecular flexibility index (Phi) is 6.82. The van der Waals surface area contributed by atoms with Crippen molar-refractivity contribution < 1.29 is 19.1 Å². The van der Waals surface area contributed by atoms with Crippen LogP contribution in [0.25, 0.3) is 0 Å². The molecular formula is C21H24ClN3O4. The van der Waals surface area contributed by atoms with Crippen molar-refractivity contribution in [1.29, 1.82) is 0 Å². The predicted octanol–water partition coefficient (Wildman–Crippen LogP) is 3.88. The van der Waals surface area contributed by atoms with Gasteiger partial charge in [-0.2, -0.15) is 0 Å². The number of amides is 2. The Labute approximate surface area is 175 Å². The minimum absolute atomic E-state index is 0.269. The van der Waals surface area contributed by atoms with Gasteiger partial charge in [0.05, 0.1) is 30.0 Å². The summed E-state index contributed by atoms with van der Waals surface area (Å²) in [7, 11) is 1.53. The van der Waals surface area contributed by atoms with E-state index in [1.165, 1.54) is 7.11 Å². The molecule has 29 heavy (non-hydrogen) atoms. The molecule has 1 fully saturated rings. The summed E-state index contributed by atoms with van der Waals surface area (Å²) in [6.45, 7) is 4.62. The van der Waals surface area contributed by atoms with Crippen LogP contribution in [0.15, 0.2) is 42.5 Å². The highest BCUT2D eigenvalue weighted by Crippen LogP contribution is 2.30. The van der Waals surface area contributed by atoms with E-state index in [0.717, 1.165) is 5.69 Å². The van der Waals surface area contributed by atoms with Crippen LogP contribution < -0.4 is 15.0 Å². The van der Waals surface area contributed by atoms with Crippen molar-refractivity contribution in [3.8, 4) is 5.75 Å². The summed E-state index contributed by atoms with van der Waals surface area (Å²) in [6.07, 6.45) is -0.285. The number of hydrogen-bond acceptors (Lipinski definition) is 5. The molecule has 0 atom stereocenters. The highest BCUT2D eigenvalue weighted by Gasteiger charge is 2.23. The van der Waals surface area contributed by atoms with Gasteiger partial charge in [-0.3, -0.25) is 4.79 Å². The van der Waals surface area contributed by atoms with Gasteiger partial charge in [0.15, 0.2) is 0 Å². The summed E-state index contributed by atoms with van der Waals surface area (Å²) in [5.41, 5.74) is 1.91. The van der Waals surface area contributed by atoms with Crippen molar-refractivity contribution in [2.45, 2.75) is 6.92 Å². The van der Waals surface area contributed by atoms with E-state index in [0.29, 0.717) is 54.8 Å². The number of hydrogen-bond donors (Lipinski definition) is 1. The van der Waals surface area contributed by atoms with Gasteiger partial charge in [0.1, 0.15) is 5.75 Å². The Hall–Kier alpha value is -2.93. The monoisotopic (exact) mass is 417 g/mol.